The first-order chi connectivity index (χ1) is 6.86. The van der Waals surface area contributed by atoms with Crippen molar-refractivity contribution in [2.24, 2.45) is 5.92 Å². The Bertz CT molecular complexity index is 135. The van der Waals surface area contributed by atoms with Crippen molar-refractivity contribution in [3.63, 3.8) is 0 Å². The summed E-state index contributed by atoms with van der Waals surface area (Å²) in [6.45, 7) is 4.80. The first-order valence-corrected chi connectivity index (χ1v) is 6.74. The monoisotopic (exact) mass is 264 g/mol. The van der Waals surface area contributed by atoms with Gasteiger partial charge in [0, 0.05) is 11.9 Å². The maximum atomic E-state index is 5.67. The second kappa shape index (κ2) is 7.66. The molecule has 0 saturated carbocycles. The van der Waals surface area contributed by atoms with Gasteiger partial charge in [-0.2, -0.15) is 0 Å². The lowest BCUT2D eigenvalue weighted by molar-refractivity contribution is 0.00686. The molecule has 84 valence electrons. The minimum atomic E-state index is 0.368. The van der Waals surface area contributed by atoms with Crippen molar-refractivity contribution in [1.29, 1.82) is 0 Å². The molecule has 1 saturated heterocycles. The molecular weight excluding hydrogens is 244 g/mol. The van der Waals surface area contributed by atoms with E-state index in [0.717, 1.165) is 25.2 Å². The highest BCUT2D eigenvalue weighted by Gasteiger charge is 2.16. The molecule has 0 bridgehead atoms. The molecule has 1 rings (SSSR count). The molecular formula is C11H21BrO2. The highest BCUT2D eigenvalue weighted by molar-refractivity contribution is 9.09. The molecule has 0 amide bonds. The Hall–Kier alpha value is 0.400. The van der Waals surface area contributed by atoms with Gasteiger partial charge in [0.1, 0.15) is 0 Å². The van der Waals surface area contributed by atoms with E-state index in [4.69, 9.17) is 9.47 Å². The van der Waals surface area contributed by atoms with Crippen LogP contribution >= 0.6 is 15.9 Å². The molecule has 2 unspecified atom stereocenters. The largest absolute Gasteiger partial charge is 0.378 e. The van der Waals surface area contributed by atoms with Gasteiger partial charge in [0.05, 0.1) is 19.3 Å². The lowest BCUT2D eigenvalue weighted by atomic mass is 10.1. The quantitative estimate of drug-likeness (QED) is 0.659. The van der Waals surface area contributed by atoms with E-state index < -0.39 is 0 Å². The molecule has 14 heavy (non-hydrogen) atoms. The van der Waals surface area contributed by atoms with Crippen molar-refractivity contribution >= 4 is 15.9 Å². The first kappa shape index (κ1) is 12.5. The van der Waals surface area contributed by atoms with Gasteiger partial charge in [0.25, 0.3) is 0 Å². The van der Waals surface area contributed by atoms with Crippen molar-refractivity contribution in [2.75, 3.05) is 25.2 Å². The zero-order valence-electron chi connectivity index (χ0n) is 9.01. The Labute approximate surface area is 95.5 Å². The predicted molar refractivity (Wildman–Crippen MR) is 62.0 cm³/mol. The zero-order chi connectivity index (χ0) is 10.2. The Balaban J connectivity index is 2.00. The molecule has 1 heterocycles. The standard InChI is InChI=1S/C11H21BrO2/c1-2-4-10(7-12)8-13-9-11-5-3-6-14-11/h10-11H,2-9H2,1H3. The highest BCUT2D eigenvalue weighted by atomic mass is 79.9. The van der Waals surface area contributed by atoms with Crippen LogP contribution in [-0.2, 0) is 9.47 Å². The van der Waals surface area contributed by atoms with Crippen LogP contribution in [0.5, 0.6) is 0 Å². The van der Waals surface area contributed by atoms with Crippen molar-refractivity contribution in [1.82, 2.24) is 0 Å². The maximum Gasteiger partial charge on any atom is 0.0809 e. The van der Waals surface area contributed by atoms with Crippen molar-refractivity contribution in [3.05, 3.63) is 0 Å². The predicted octanol–water partition coefficient (Wildman–Crippen LogP) is 2.99. The van der Waals surface area contributed by atoms with Crippen LogP contribution in [0.3, 0.4) is 0 Å². The molecule has 0 N–H and O–H groups in total. The van der Waals surface area contributed by atoms with Gasteiger partial charge >= 0.3 is 0 Å². The molecule has 0 aliphatic carbocycles. The Morgan fingerprint density at radius 3 is 3.00 bits per heavy atom. The number of hydrogen-bond donors (Lipinski definition) is 0. The Kier molecular flexibility index (Phi) is 6.82. The summed E-state index contributed by atoms with van der Waals surface area (Å²) in [4.78, 5) is 0. The van der Waals surface area contributed by atoms with Crippen LogP contribution in [0, 0.1) is 5.92 Å². The average Bonchev–Trinajstić information content (AvgIpc) is 2.69. The third kappa shape index (κ3) is 4.76. The van der Waals surface area contributed by atoms with E-state index in [1.54, 1.807) is 0 Å². The molecule has 0 aromatic carbocycles. The summed E-state index contributed by atoms with van der Waals surface area (Å²) in [6.07, 6.45) is 5.22. The molecule has 1 aliphatic heterocycles. The van der Waals surface area contributed by atoms with Crippen LogP contribution in [0.15, 0.2) is 0 Å². The van der Waals surface area contributed by atoms with Gasteiger partial charge in [-0.3, -0.25) is 0 Å². The highest BCUT2D eigenvalue weighted by Crippen LogP contribution is 2.14. The summed E-state index contributed by atoms with van der Waals surface area (Å²) in [5.41, 5.74) is 0. The summed E-state index contributed by atoms with van der Waals surface area (Å²) in [7, 11) is 0. The average molecular weight is 265 g/mol. The van der Waals surface area contributed by atoms with E-state index in [0.29, 0.717) is 12.0 Å². The van der Waals surface area contributed by atoms with E-state index in [1.165, 1.54) is 25.7 Å². The third-order valence-electron chi connectivity index (χ3n) is 2.60. The summed E-state index contributed by atoms with van der Waals surface area (Å²) < 4.78 is 11.2. The van der Waals surface area contributed by atoms with Crippen molar-refractivity contribution < 1.29 is 9.47 Å². The third-order valence-corrected chi connectivity index (χ3v) is 3.51. The van der Waals surface area contributed by atoms with E-state index in [2.05, 4.69) is 22.9 Å². The molecule has 1 fully saturated rings. The number of halogens is 1. The number of hydrogen-bond acceptors (Lipinski definition) is 2. The van der Waals surface area contributed by atoms with Crippen LogP contribution in [-0.4, -0.2) is 31.3 Å². The van der Waals surface area contributed by atoms with Crippen LogP contribution in [0.1, 0.15) is 32.6 Å². The topological polar surface area (TPSA) is 18.5 Å². The smallest absolute Gasteiger partial charge is 0.0809 e. The molecule has 0 aromatic heterocycles. The SMILES string of the molecule is CCCC(CBr)COCC1CCCO1. The van der Waals surface area contributed by atoms with Gasteiger partial charge in [0.2, 0.25) is 0 Å². The van der Waals surface area contributed by atoms with E-state index in [-0.39, 0.29) is 0 Å². The minimum Gasteiger partial charge on any atom is -0.378 e. The van der Waals surface area contributed by atoms with E-state index in [9.17, 15) is 0 Å². The fourth-order valence-electron chi connectivity index (χ4n) is 1.76. The van der Waals surface area contributed by atoms with E-state index >= 15 is 0 Å². The van der Waals surface area contributed by atoms with Gasteiger partial charge in [-0.05, 0) is 25.2 Å². The fraction of sp³-hybridized carbons (Fsp3) is 1.00. The van der Waals surface area contributed by atoms with Gasteiger partial charge < -0.3 is 9.47 Å². The number of rotatable bonds is 7. The van der Waals surface area contributed by atoms with Gasteiger partial charge in [-0.25, -0.2) is 0 Å². The van der Waals surface area contributed by atoms with Gasteiger partial charge in [-0.15, -0.1) is 0 Å². The first-order valence-electron chi connectivity index (χ1n) is 5.62. The normalized spacial score (nSPS) is 24.0. The molecule has 0 radical (unpaired) electrons. The molecule has 2 atom stereocenters. The Morgan fingerprint density at radius 1 is 1.57 bits per heavy atom. The summed E-state index contributed by atoms with van der Waals surface area (Å²) in [5, 5.41) is 1.05. The van der Waals surface area contributed by atoms with E-state index in [1.807, 2.05) is 0 Å². The molecule has 2 nitrogen and oxygen atoms in total. The van der Waals surface area contributed by atoms with Crippen molar-refractivity contribution in [3.8, 4) is 0 Å². The van der Waals surface area contributed by atoms with Crippen LogP contribution in [0.25, 0.3) is 0 Å². The summed E-state index contributed by atoms with van der Waals surface area (Å²) in [5.74, 6) is 0.668. The lowest BCUT2D eigenvalue weighted by Gasteiger charge is -2.15. The fourth-order valence-corrected chi connectivity index (χ4v) is 2.27. The zero-order valence-corrected chi connectivity index (χ0v) is 10.6. The van der Waals surface area contributed by atoms with Crippen LogP contribution in [0.2, 0.25) is 0 Å². The lowest BCUT2D eigenvalue weighted by Crippen LogP contribution is -2.18. The van der Waals surface area contributed by atoms with Gasteiger partial charge in [-0.1, -0.05) is 29.3 Å². The van der Waals surface area contributed by atoms with Gasteiger partial charge in [0.15, 0.2) is 0 Å². The second-order valence-electron chi connectivity index (χ2n) is 3.98. The van der Waals surface area contributed by atoms with Crippen LogP contribution < -0.4 is 0 Å². The van der Waals surface area contributed by atoms with Crippen LogP contribution in [0.4, 0.5) is 0 Å². The molecule has 0 spiro atoms. The minimum absolute atomic E-state index is 0.368. The second-order valence-corrected chi connectivity index (χ2v) is 4.63. The summed E-state index contributed by atoms with van der Waals surface area (Å²) in [6, 6.07) is 0. The number of ether oxygens (including phenoxy) is 2. The molecule has 0 aromatic rings. The molecule has 3 heteroatoms. The number of alkyl halides is 1. The van der Waals surface area contributed by atoms with Crippen molar-refractivity contribution in [2.45, 2.75) is 38.7 Å². The Morgan fingerprint density at radius 2 is 2.43 bits per heavy atom. The maximum absolute atomic E-state index is 5.67. The molecule has 1 aliphatic rings. The summed E-state index contributed by atoms with van der Waals surface area (Å²) >= 11 is 3.52.